The highest BCUT2D eigenvalue weighted by Gasteiger charge is 2.22. The summed E-state index contributed by atoms with van der Waals surface area (Å²) in [5.41, 5.74) is 1.23. The molecule has 1 heterocycles. The molecule has 2 N–H and O–H groups in total. The van der Waals surface area contributed by atoms with E-state index in [0.29, 0.717) is 6.54 Å². The highest BCUT2D eigenvalue weighted by atomic mass is 16.5. The predicted octanol–water partition coefficient (Wildman–Crippen LogP) is 1.10. The van der Waals surface area contributed by atoms with Crippen molar-refractivity contribution in [3.63, 3.8) is 0 Å². The van der Waals surface area contributed by atoms with Gasteiger partial charge in [0.2, 0.25) is 0 Å². The monoisotopic (exact) mass is 334 g/mol. The molecule has 2 rings (SSSR count). The number of piperazine rings is 1. The molecule has 0 atom stereocenters. The average molecular weight is 334 g/mol. The topological polar surface area (TPSA) is 46.0 Å². The Morgan fingerprint density at radius 2 is 1.88 bits per heavy atom. The summed E-state index contributed by atoms with van der Waals surface area (Å²) in [5, 5.41) is 3.06. The van der Waals surface area contributed by atoms with Gasteiger partial charge in [-0.2, -0.15) is 0 Å². The van der Waals surface area contributed by atoms with Gasteiger partial charge in [-0.15, -0.1) is 0 Å². The fourth-order valence-corrected chi connectivity index (χ4v) is 3.12. The number of unbranched alkanes of at least 4 members (excludes halogenated alkanes) is 3. The molecule has 1 aromatic carbocycles. The Labute approximate surface area is 146 Å². The molecule has 0 saturated carbocycles. The second kappa shape index (κ2) is 10.2. The van der Waals surface area contributed by atoms with E-state index in [1.807, 2.05) is 12.1 Å². The number of rotatable bonds is 9. The van der Waals surface area contributed by atoms with Gasteiger partial charge in [0, 0.05) is 12.2 Å². The summed E-state index contributed by atoms with van der Waals surface area (Å²) in [6.45, 7) is 7.63. The van der Waals surface area contributed by atoms with Crippen molar-refractivity contribution in [2.75, 3.05) is 51.3 Å². The molecule has 0 bridgehead atoms. The van der Waals surface area contributed by atoms with E-state index in [9.17, 15) is 4.79 Å². The van der Waals surface area contributed by atoms with Crippen LogP contribution in [0.3, 0.4) is 0 Å². The number of quaternary nitrogens is 1. The van der Waals surface area contributed by atoms with Crippen LogP contribution in [-0.4, -0.2) is 52.3 Å². The summed E-state index contributed by atoms with van der Waals surface area (Å²) < 4.78 is 5.20. The Kier molecular flexibility index (Phi) is 7.89. The maximum Gasteiger partial charge on any atom is 0.275 e. The van der Waals surface area contributed by atoms with Gasteiger partial charge in [0.05, 0.1) is 33.3 Å². The van der Waals surface area contributed by atoms with Crippen LogP contribution in [0.5, 0.6) is 5.75 Å². The number of methoxy groups -OCH3 is 1. The second-order valence-corrected chi connectivity index (χ2v) is 6.52. The number of anilines is 1. The Hall–Kier alpha value is -1.75. The molecule has 0 spiro atoms. The zero-order valence-electron chi connectivity index (χ0n) is 15.1. The van der Waals surface area contributed by atoms with Gasteiger partial charge in [0.25, 0.3) is 5.91 Å². The Morgan fingerprint density at radius 3 is 2.50 bits per heavy atom. The molecule has 5 nitrogen and oxygen atoms in total. The number of ether oxygens (including phenoxy) is 1. The maximum absolute atomic E-state index is 12.0. The Morgan fingerprint density at radius 1 is 1.17 bits per heavy atom. The van der Waals surface area contributed by atoms with E-state index in [0.717, 1.165) is 44.9 Å². The van der Waals surface area contributed by atoms with E-state index in [4.69, 9.17) is 4.74 Å². The largest absolute Gasteiger partial charge is 0.497 e. The summed E-state index contributed by atoms with van der Waals surface area (Å²) >= 11 is 0. The molecule has 1 aromatic rings. The minimum Gasteiger partial charge on any atom is -0.497 e. The summed E-state index contributed by atoms with van der Waals surface area (Å²) in [4.78, 5) is 15.8. The quantitative estimate of drug-likeness (QED) is 0.665. The Bertz CT molecular complexity index is 482. The lowest BCUT2D eigenvalue weighted by Gasteiger charge is -2.33. The normalized spacial score (nSPS) is 15.3. The van der Waals surface area contributed by atoms with Gasteiger partial charge < -0.3 is 19.9 Å². The van der Waals surface area contributed by atoms with Crippen molar-refractivity contribution in [1.82, 2.24) is 5.32 Å². The first-order chi connectivity index (χ1) is 11.7. The first kappa shape index (κ1) is 18.6. The molecular weight excluding hydrogens is 302 g/mol. The summed E-state index contributed by atoms with van der Waals surface area (Å²) in [5.74, 6) is 1.08. The van der Waals surface area contributed by atoms with Gasteiger partial charge in [-0.25, -0.2) is 0 Å². The standard InChI is InChI=1S/C19H31N3O2/c1-3-4-5-6-11-20-19(23)16-21-12-14-22(15-13-21)17-7-9-18(24-2)10-8-17/h7-10H,3-6,11-16H2,1-2H3,(H,20,23)/p+1. The highest BCUT2D eigenvalue weighted by molar-refractivity contribution is 5.76. The number of carbonyl (C=O) groups is 1. The van der Waals surface area contributed by atoms with E-state index < -0.39 is 0 Å². The molecule has 1 aliphatic heterocycles. The van der Waals surface area contributed by atoms with Crippen LogP contribution in [0.15, 0.2) is 24.3 Å². The summed E-state index contributed by atoms with van der Waals surface area (Å²) in [7, 11) is 1.69. The number of benzene rings is 1. The molecule has 0 aromatic heterocycles. The minimum atomic E-state index is 0.194. The second-order valence-electron chi connectivity index (χ2n) is 6.52. The zero-order chi connectivity index (χ0) is 17.2. The van der Waals surface area contributed by atoms with Crippen molar-refractivity contribution in [1.29, 1.82) is 0 Å². The smallest absolute Gasteiger partial charge is 0.275 e. The summed E-state index contributed by atoms with van der Waals surface area (Å²) in [6, 6.07) is 8.21. The first-order valence-electron chi connectivity index (χ1n) is 9.22. The maximum atomic E-state index is 12.0. The van der Waals surface area contributed by atoms with Crippen LogP contribution in [0.4, 0.5) is 5.69 Å². The summed E-state index contributed by atoms with van der Waals surface area (Å²) in [6.07, 6.45) is 4.80. The van der Waals surface area contributed by atoms with Crippen LogP contribution in [0.1, 0.15) is 32.6 Å². The molecular formula is C19H32N3O2+. The number of hydrogen-bond acceptors (Lipinski definition) is 3. The molecule has 0 radical (unpaired) electrons. The number of nitrogens with one attached hydrogen (secondary N) is 2. The van der Waals surface area contributed by atoms with Gasteiger partial charge in [-0.1, -0.05) is 26.2 Å². The molecule has 1 aliphatic rings. The van der Waals surface area contributed by atoms with Crippen molar-refractivity contribution in [3.05, 3.63) is 24.3 Å². The van der Waals surface area contributed by atoms with Crippen LogP contribution in [0.2, 0.25) is 0 Å². The van der Waals surface area contributed by atoms with Crippen molar-refractivity contribution in [3.8, 4) is 5.75 Å². The fourth-order valence-electron chi connectivity index (χ4n) is 3.12. The van der Waals surface area contributed by atoms with Gasteiger partial charge in [-0.05, 0) is 30.7 Å². The molecule has 0 aliphatic carbocycles. The third kappa shape index (κ3) is 6.04. The molecule has 1 fully saturated rings. The fraction of sp³-hybridized carbons (Fsp3) is 0.632. The van der Waals surface area contributed by atoms with E-state index in [2.05, 4.69) is 29.3 Å². The van der Waals surface area contributed by atoms with Crippen molar-refractivity contribution >= 4 is 11.6 Å². The van der Waals surface area contributed by atoms with Gasteiger partial charge in [0.1, 0.15) is 5.75 Å². The molecule has 134 valence electrons. The SMILES string of the molecule is CCCCCCNC(=O)C[NH+]1CCN(c2ccc(OC)cc2)CC1. The molecule has 1 saturated heterocycles. The number of hydrogen-bond donors (Lipinski definition) is 2. The third-order valence-electron chi connectivity index (χ3n) is 4.67. The molecule has 1 amide bonds. The lowest BCUT2D eigenvalue weighted by atomic mass is 10.2. The average Bonchev–Trinajstić information content (AvgIpc) is 2.62. The zero-order valence-corrected chi connectivity index (χ0v) is 15.1. The van der Waals surface area contributed by atoms with Crippen LogP contribution in [0.25, 0.3) is 0 Å². The van der Waals surface area contributed by atoms with E-state index in [1.54, 1.807) is 7.11 Å². The molecule has 5 heteroatoms. The van der Waals surface area contributed by atoms with E-state index >= 15 is 0 Å². The number of nitrogens with zero attached hydrogens (tertiary/aromatic N) is 1. The van der Waals surface area contributed by atoms with Crippen LogP contribution in [0, 0.1) is 0 Å². The van der Waals surface area contributed by atoms with E-state index in [-0.39, 0.29) is 5.91 Å². The number of carbonyl (C=O) groups excluding carboxylic acids is 1. The van der Waals surface area contributed by atoms with Crippen LogP contribution < -0.4 is 19.9 Å². The van der Waals surface area contributed by atoms with E-state index in [1.165, 1.54) is 29.8 Å². The van der Waals surface area contributed by atoms with Gasteiger partial charge >= 0.3 is 0 Å². The van der Waals surface area contributed by atoms with Crippen LogP contribution in [-0.2, 0) is 4.79 Å². The lowest BCUT2D eigenvalue weighted by molar-refractivity contribution is -0.892. The predicted molar refractivity (Wildman–Crippen MR) is 97.9 cm³/mol. The van der Waals surface area contributed by atoms with Crippen molar-refractivity contribution in [2.24, 2.45) is 0 Å². The molecule has 24 heavy (non-hydrogen) atoms. The van der Waals surface area contributed by atoms with Gasteiger partial charge in [0.15, 0.2) is 6.54 Å². The highest BCUT2D eigenvalue weighted by Crippen LogP contribution is 2.18. The van der Waals surface area contributed by atoms with Crippen LogP contribution >= 0.6 is 0 Å². The minimum absolute atomic E-state index is 0.194. The Balaban J connectivity index is 1.65. The van der Waals surface area contributed by atoms with Crippen molar-refractivity contribution < 1.29 is 14.4 Å². The third-order valence-corrected chi connectivity index (χ3v) is 4.67. The number of amides is 1. The molecule has 0 unspecified atom stereocenters. The lowest BCUT2D eigenvalue weighted by Crippen LogP contribution is -3.15. The first-order valence-corrected chi connectivity index (χ1v) is 9.22. The van der Waals surface area contributed by atoms with Gasteiger partial charge in [-0.3, -0.25) is 4.79 Å². The van der Waals surface area contributed by atoms with Crippen molar-refractivity contribution in [2.45, 2.75) is 32.6 Å².